The van der Waals surface area contributed by atoms with E-state index in [9.17, 15) is 13.2 Å². The maximum absolute atomic E-state index is 13.1. The molecule has 7 heteroatoms. The van der Waals surface area contributed by atoms with Crippen LogP contribution in [0, 0.1) is 0 Å². The number of aromatic nitrogens is 1. The van der Waals surface area contributed by atoms with Crippen molar-refractivity contribution in [3.63, 3.8) is 0 Å². The molecular weight excluding hydrogens is 321 g/mol. The van der Waals surface area contributed by atoms with Crippen LogP contribution in [-0.4, -0.2) is 11.0 Å². The Morgan fingerprint density at radius 3 is 2.71 bits per heavy atom. The molecule has 0 radical (unpaired) electrons. The molecule has 0 aliphatic heterocycles. The third kappa shape index (κ3) is 3.56. The Hall–Kier alpha value is -1.11. The molecule has 0 bridgehead atoms. The predicted octanol–water partition coefficient (Wildman–Crippen LogP) is 4.73. The van der Waals surface area contributed by atoms with Gasteiger partial charge in [-0.2, -0.15) is 13.2 Å². The van der Waals surface area contributed by atoms with Crippen molar-refractivity contribution in [3.8, 4) is 10.6 Å². The summed E-state index contributed by atoms with van der Waals surface area (Å²) in [5.41, 5.74) is -0.189. The van der Waals surface area contributed by atoms with Gasteiger partial charge in [-0.25, -0.2) is 4.98 Å². The van der Waals surface area contributed by atoms with E-state index >= 15 is 0 Å². The van der Waals surface area contributed by atoms with Gasteiger partial charge < -0.3 is 5.32 Å². The van der Waals surface area contributed by atoms with Gasteiger partial charge in [0.05, 0.1) is 4.88 Å². The summed E-state index contributed by atoms with van der Waals surface area (Å²) < 4.78 is 39.3. The van der Waals surface area contributed by atoms with E-state index in [0.717, 1.165) is 24.2 Å². The van der Waals surface area contributed by atoms with Crippen LogP contribution in [0.3, 0.4) is 0 Å². The second-order valence-electron chi connectivity index (χ2n) is 4.95. The van der Waals surface area contributed by atoms with Gasteiger partial charge in [0, 0.05) is 23.2 Å². The van der Waals surface area contributed by atoms with Gasteiger partial charge in [-0.15, -0.1) is 11.3 Å². The van der Waals surface area contributed by atoms with Crippen molar-refractivity contribution in [1.82, 2.24) is 10.3 Å². The van der Waals surface area contributed by atoms with Gasteiger partial charge in [0.1, 0.15) is 5.01 Å². The van der Waals surface area contributed by atoms with Crippen LogP contribution in [0.15, 0.2) is 24.3 Å². The SMILES string of the molecule is FC(F)(F)c1nc(-c2cccc(Cl)c2)sc1CNC1CC1. The quantitative estimate of drug-likeness (QED) is 0.875. The van der Waals surface area contributed by atoms with Crippen LogP contribution in [0.1, 0.15) is 23.4 Å². The number of rotatable bonds is 4. The van der Waals surface area contributed by atoms with E-state index in [2.05, 4.69) is 10.3 Å². The summed E-state index contributed by atoms with van der Waals surface area (Å²) in [6.07, 6.45) is -2.38. The Labute approximate surface area is 129 Å². The molecule has 0 amide bonds. The molecule has 1 aromatic heterocycles. The molecule has 1 heterocycles. The van der Waals surface area contributed by atoms with Crippen molar-refractivity contribution in [3.05, 3.63) is 39.9 Å². The standard InChI is InChI=1S/C14H12ClF3N2S/c15-9-3-1-2-8(6-9)13-20-12(14(16,17)18)11(21-13)7-19-10-4-5-10/h1-3,6,10,19H,4-5,7H2. The van der Waals surface area contributed by atoms with Crippen molar-refractivity contribution in [2.24, 2.45) is 0 Å². The number of alkyl halides is 3. The molecule has 2 aromatic rings. The topological polar surface area (TPSA) is 24.9 Å². The molecule has 112 valence electrons. The highest BCUT2D eigenvalue weighted by atomic mass is 35.5. The van der Waals surface area contributed by atoms with E-state index in [-0.39, 0.29) is 11.4 Å². The highest BCUT2D eigenvalue weighted by Gasteiger charge is 2.37. The van der Waals surface area contributed by atoms with Crippen molar-refractivity contribution in [2.45, 2.75) is 31.6 Å². The Morgan fingerprint density at radius 1 is 1.33 bits per heavy atom. The van der Waals surface area contributed by atoms with Crippen LogP contribution in [0.5, 0.6) is 0 Å². The molecule has 21 heavy (non-hydrogen) atoms. The molecule has 0 unspecified atom stereocenters. The van der Waals surface area contributed by atoms with Crippen LogP contribution in [0.4, 0.5) is 13.2 Å². The molecule has 2 nitrogen and oxygen atoms in total. The average Bonchev–Trinajstić information content (AvgIpc) is 3.13. The van der Waals surface area contributed by atoms with Crippen LogP contribution >= 0.6 is 22.9 Å². The average molecular weight is 333 g/mol. The highest BCUT2D eigenvalue weighted by Crippen LogP contribution is 2.38. The largest absolute Gasteiger partial charge is 0.434 e. The molecule has 0 spiro atoms. The summed E-state index contributed by atoms with van der Waals surface area (Å²) in [5, 5.41) is 3.93. The number of benzene rings is 1. The fourth-order valence-electron chi connectivity index (χ4n) is 1.96. The summed E-state index contributed by atoms with van der Waals surface area (Å²) in [7, 11) is 0. The van der Waals surface area contributed by atoms with Crippen molar-refractivity contribution < 1.29 is 13.2 Å². The molecule has 1 N–H and O–H groups in total. The lowest BCUT2D eigenvalue weighted by molar-refractivity contribution is -0.141. The summed E-state index contributed by atoms with van der Waals surface area (Å²) >= 11 is 6.95. The first-order valence-electron chi connectivity index (χ1n) is 6.50. The first-order chi connectivity index (χ1) is 9.93. The third-order valence-corrected chi connectivity index (χ3v) is 4.51. The van der Waals surface area contributed by atoms with Crippen LogP contribution < -0.4 is 5.32 Å². The molecule has 1 aliphatic rings. The summed E-state index contributed by atoms with van der Waals surface area (Å²) in [6.45, 7) is 0.206. The van der Waals surface area contributed by atoms with Crippen molar-refractivity contribution >= 4 is 22.9 Å². The first kappa shape index (κ1) is 14.8. The minimum atomic E-state index is -4.44. The number of hydrogen-bond donors (Lipinski definition) is 1. The summed E-state index contributed by atoms with van der Waals surface area (Å²) in [5.74, 6) is 0. The molecule has 0 atom stereocenters. The number of nitrogens with one attached hydrogen (secondary N) is 1. The minimum absolute atomic E-state index is 0.206. The van der Waals surface area contributed by atoms with E-state index in [1.165, 1.54) is 0 Å². The molecule has 1 aliphatic carbocycles. The van der Waals surface area contributed by atoms with E-state index in [1.54, 1.807) is 24.3 Å². The van der Waals surface area contributed by atoms with Crippen molar-refractivity contribution in [1.29, 1.82) is 0 Å². The molecule has 0 saturated heterocycles. The van der Waals surface area contributed by atoms with Gasteiger partial charge in [0.15, 0.2) is 5.69 Å². The van der Waals surface area contributed by atoms with E-state index in [4.69, 9.17) is 11.6 Å². The van der Waals surface area contributed by atoms with Gasteiger partial charge in [-0.05, 0) is 25.0 Å². The fraction of sp³-hybridized carbons (Fsp3) is 0.357. The van der Waals surface area contributed by atoms with Crippen LogP contribution in [0.2, 0.25) is 5.02 Å². The maximum atomic E-state index is 13.1. The van der Waals surface area contributed by atoms with E-state index < -0.39 is 11.9 Å². The summed E-state index contributed by atoms with van der Waals surface area (Å²) in [6, 6.07) is 7.07. The second kappa shape index (κ2) is 5.59. The molecule has 1 fully saturated rings. The van der Waals surface area contributed by atoms with Gasteiger partial charge in [0.25, 0.3) is 0 Å². The number of halogens is 4. The zero-order valence-electron chi connectivity index (χ0n) is 10.9. The Balaban J connectivity index is 1.94. The monoisotopic (exact) mass is 332 g/mol. The van der Waals surface area contributed by atoms with Gasteiger partial charge >= 0.3 is 6.18 Å². The van der Waals surface area contributed by atoms with Gasteiger partial charge in [-0.1, -0.05) is 23.7 Å². The smallest absolute Gasteiger partial charge is 0.309 e. The predicted molar refractivity (Wildman–Crippen MR) is 77.4 cm³/mol. The Morgan fingerprint density at radius 2 is 2.10 bits per heavy atom. The zero-order chi connectivity index (χ0) is 15.0. The number of hydrogen-bond acceptors (Lipinski definition) is 3. The Bertz CT molecular complexity index is 650. The minimum Gasteiger partial charge on any atom is -0.309 e. The van der Waals surface area contributed by atoms with Gasteiger partial charge in [-0.3, -0.25) is 0 Å². The first-order valence-corrected chi connectivity index (χ1v) is 7.69. The second-order valence-corrected chi connectivity index (χ2v) is 6.47. The van der Waals surface area contributed by atoms with E-state index in [1.807, 2.05) is 0 Å². The maximum Gasteiger partial charge on any atom is 0.434 e. The number of nitrogens with zero attached hydrogens (tertiary/aromatic N) is 1. The molecule has 3 rings (SSSR count). The fourth-order valence-corrected chi connectivity index (χ4v) is 3.18. The summed E-state index contributed by atoms with van der Waals surface area (Å²) in [4.78, 5) is 4.01. The Kier molecular flexibility index (Phi) is 3.94. The molecule has 1 saturated carbocycles. The van der Waals surface area contributed by atoms with E-state index in [0.29, 0.717) is 21.6 Å². The number of thiazole rings is 1. The lowest BCUT2D eigenvalue weighted by atomic mass is 10.2. The van der Waals surface area contributed by atoms with Crippen molar-refractivity contribution in [2.75, 3.05) is 0 Å². The third-order valence-electron chi connectivity index (χ3n) is 3.17. The normalized spacial score (nSPS) is 15.4. The molecular formula is C14H12ClF3N2S. The van der Waals surface area contributed by atoms with Crippen LogP contribution in [-0.2, 0) is 12.7 Å². The zero-order valence-corrected chi connectivity index (χ0v) is 12.4. The van der Waals surface area contributed by atoms with Crippen LogP contribution in [0.25, 0.3) is 10.6 Å². The lowest BCUT2D eigenvalue weighted by Gasteiger charge is -2.06. The molecule has 1 aromatic carbocycles. The lowest BCUT2D eigenvalue weighted by Crippen LogP contribution is -2.18. The van der Waals surface area contributed by atoms with Gasteiger partial charge in [0.2, 0.25) is 0 Å². The highest BCUT2D eigenvalue weighted by molar-refractivity contribution is 7.15.